The Hall–Kier alpha value is -4.03. The first kappa shape index (κ1) is 23.1. The Morgan fingerprint density at radius 2 is 1.62 bits per heavy atom. The van der Waals surface area contributed by atoms with Gasteiger partial charge in [0, 0.05) is 28.0 Å². The predicted molar refractivity (Wildman–Crippen MR) is 136 cm³/mol. The Labute approximate surface area is 202 Å². The van der Waals surface area contributed by atoms with Crippen molar-refractivity contribution < 1.29 is 14.0 Å². The molecule has 5 nitrogen and oxygen atoms in total. The van der Waals surface area contributed by atoms with E-state index in [9.17, 15) is 9.59 Å². The summed E-state index contributed by atoms with van der Waals surface area (Å²) >= 11 is 1.75. The summed E-state index contributed by atoms with van der Waals surface area (Å²) in [5, 5.41) is 5.56. The zero-order valence-electron chi connectivity index (χ0n) is 18.7. The van der Waals surface area contributed by atoms with Crippen molar-refractivity contribution in [3.05, 3.63) is 125 Å². The maximum atomic E-state index is 13.0. The van der Waals surface area contributed by atoms with Crippen LogP contribution < -0.4 is 10.6 Å². The molecule has 1 heterocycles. The Morgan fingerprint density at radius 1 is 0.882 bits per heavy atom. The van der Waals surface area contributed by atoms with Crippen molar-refractivity contribution in [2.24, 2.45) is 0 Å². The number of nitrogens with one attached hydrogen (secondary N) is 2. The third kappa shape index (κ3) is 6.49. The molecule has 0 spiro atoms. The maximum Gasteiger partial charge on any atom is 0.272 e. The van der Waals surface area contributed by atoms with Crippen LogP contribution in [-0.4, -0.2) is 11.8 Å². The van der Waals surface area contributed by atoms with Gasteiger partial charge in [-0.15, -0.1) is 11.8 Å². The lowest BCUT2D eigenvalue weighted by molar-refractivity contribution is -0.113. The number of anilines is 1. The molecular formula is C28H24N2O3S. The molecule has 4 rings (SSSR count). The highest BCUT2D eigenvalue weighted by Crippen LogP contribution is 2.23. The standard InChI is InChI=1S/C28H24N2O3S/c1-20-9-13-22(14-10-20)27(31)30-26(18-24-6-5-17-33-24)28(32)29-23-15-11-21(12-16-23)19-34-25-7-3-2-4-8-25/h2-18H,19H2,1H3,(H,29,32)(H,30,31)/b26-18-. The number of hydrogen-bond acceptors (Lipinski definition) is 4. The summed E-state index contributed by atoms with van der Waals surface area (Å²) in [5.41, 5.74) is 3.37. The van der Waals surface area contributed by atoms with E-state index in [1.54, 1.807) is 36.0 Å². The molecule has 0 radical (unpaired) electrons. The van der Waals surface area contributed by atoms with Crippen molar-refractivity contribution in [2.45, 2.75) is 17.6 Å². The molecule has 0 saturated carbocycles. The first-order valence-electron chi connectivity index (χ1n) is 10.8. The summed E-state index contributed by atoms with van der Waals surface area (Å²) in [6, 6.07) is 28.4. The summed E-state index contributed by atoms with van der Waals surface area (Å²) < 4.78 is 5.34. The van der Waals surface area contributed by atoms with Crippen LogP contribution in [0.15, 0.2) is 112 Å². The molecule has 6 heteroatoms. The van der Waals surface area contributed by atoms with E-state index in [4.69, 9.17) is 4.42 Å². The fourth-order valence-corrected chi connectivity index (χ4v) is 4.01. The maximum absolute atomic E-state index is 13.0. The van der Waals surface area contributed by atoms with Crippen LogP contribution in [0.3, 0.4) is 0 Å². The molecule has 170 valence electrons. The second-order valence-electron chi connectivity index (χ2n) is 7.65. The molecule has 0 aliphatic carbocycles. The van der Waals surface area contributed by atoms with E-state index < -0.39 is 5.91 Å². The van der Waals surface area contributed by atoms with Gasteiger partial charge in [0.05, 0.1) is 6.26 Å². The van der Waals surface area contributed by atoms with Crippen molar-refractivity contribution in [2.75, 3.05) is 5.32 Å². The van der Waals surface area contributed by atoms with E-state index in [0.29, 0.717) is 17.0 Å². The van der Waals surface area contributed by atoms with Gasteiger partial charge in [0.25, 0.3) is 11.8 Å². The average Bonchev–Trinajstić information content (AvgIpc) is 3.37. The van der Waals surface area contributed by atoms with E-state index >= 15 is 0 Å². The summed E-state index contributed by atoms with van der Waals surface area (Å²) in [5.74, 6) is 0.473. The number of carbonyl (C=O) groups is 2. The SMILES string of the molecule is Cc1ccc(C(=O)N/C(=C\c2ccco2)C(=O)Nc2ccc(CSc3ccccc3)cc2)cc1. The number of benzene rings is 3. The minimum absolute atomic E-state index is 0.0873. The van der Waals surface area contributed by atoms with Gasteiger partial charge in [0.1, 0.15) is 11.5 Å². The number of aryl methyl sites for hydroxylation is 1. The van der Waals surface area contributed by atoms with Gasteiger partial charge in [-0.2, -0.15) is 0 Å². The summed E-state index contributed by atoms with van der Waals surface area (Å²) in [7, 11) is 0. The smallest absolute Gasteiger partial charge is 0.272 e. The van der Waals surface area contributed by atoms with E-state index in [2.05, 4.69) is 22.8 Å². The topological polar surface area (TPSA) is 71.3 Å². The molecule has 0 fully saturated rings. The monoisotopic (exact) mass is 468 g/mol. The number of furan rings is 1. The highest BCUT2D eigenvalue weighted by Gasteiger charge is 2.16. The van der Waals surface area contributed by atoms with Crippen molar-refractivity contribution in [3.63, 3.8) is 0 Å². The molecule has 2 N–H and O–H groups in total. The Morgan fingerprint density at radius 3 is 2.29 bits per heavy atom. The molecule has 0 aliphatic heterocycles. The molecule has 0 atom stereocenters. The molecule has 3 aromatic carbocycles. The van der Waals surface area contributed by atoms with Gasteiger partial charge in [0.15, 0.2) is 0 Å². The van der Waals surface area contributed by atoms with Gasteiger partial charge in [0.2, 0.25) is 0 Å². The lowest BCUT2D eigenvalue weighted by atomic mass is 10.1. The fraction of sp³-hybridized carbons (Fsp3) is 0.0714. The highest BCUT2D eigenvalue weighted by atomic mass is 32.2. The average molecular weight is 469 g/mol. The molecule has 0 bridgehead atoms. The Balaban J connectivity index is 1.43. The van der Waals surface area contributed by atoms with Crippen LogP contribution in [0.4, 0.5) is 5.69 Å². The second-order valence-corrected chi connectivity index (χ2v) is 8.70. The highest BCUT2D eigenvalue weighted by molar-refractivity contribution is 7.98. The van der Waals surface area contributed by atoms with Gasteiger partial charge < -0.3 is 15.1 Å². The fourth-order valence-electron chi connectivity index (χ4n) is 3.14. The number of amides is 2. The largest absolute Gasteiger partial charge is 0.465 e. The van der Waals surface area contributed by atoms with Gasteiger partial charge in [-0.05, 0) is 61.0 Å². The molecule has 0 aliphatic rings. The molecule has 34 heavy (non-hydrogen) atoms. The van der Waals surface area contributed by atoms with Crippen LogP contribution >= 0.6 is 11.8 Å². The van der Waals surface area contributed by atoms with Crippen LogP contribution in [0.25, 0.3) is 6.08 Å². The van der Waals surface area contributed by atoms with Crippen molar-refractivity contribution >= 4 is 35.3 Å². The lowest BCUT2D eigenvalue weighted by Crippen LogP contribution is -2.30. The van der Waals surface area contributed by atoms with Gasteiger partial charge >= 0.3 is 0 Å². The molecule has 1 aromatic heterocycles. The normalized spacial score (nSPS) is 11.1. The first-order valence-corrected chi connectivity index (χ1v) is 11.8. The number of thioether (sulfide) groups is 1. The number of hydrogen-bond donors (Lipinski definition) is 2. The van der Waals surface area contributed by atoms with Crippen LogP contribution in [-0.2, 0) is 10.5 Å². The third-order valence-corrected chi connectivity index (χ3v) is 6.08. The molecule has 0 saturated heterocycles. The second kappa shape index (κ2) is 11.2. The number of rotatable bonds is 8. The Kier molecular flexibility index (Phi) is 7.63. The van der Waals surface area contributed by atoms with E-state index in [1.807, 2.05) is 61.5 Å². The van der Waals surface area contributed by atoms with E-state index in [0.717, 1.165) is 16.9 Å². The minimum Gasteiger partial charge on any atom is -0.465 e. The van der Waals surface area contributed by atoms with Gasteiger partial charge in [-0.3, -0.25) is 9.59 Å². The van der Waals surface area contributed by atoms with Gasteiger partial charge in [-0.25, -0.2) is 0 Å². The van der Waals surface area contributed by atoms with Crippen LogP contribution in [0, 0.1) is 6.92 Å². The third-order valence-electron chi connectivity index (χ3n) is 5.00. The van der Waals surface area contributed by atoms with Crippen LogP contribution in [0.1, 0.15) is 27.2 Å². The van der Waals surface area contributed by atoms with Crippen LogP contribution in [0.2, 0.25) is 0 Å². The predicted octanol–water partition coefficient (Wildman–Crippen LogP) is 6.29. The zero-order chi connectivity index (χ0) is 23.8. The lowest BCUT2D eigenvalue weighted by Gasteiger charge is -2.11. The molecular weight excluding hydrogens is 444 g/mol. The first-order chi connectivity index (χ1) is 16.6. The summed E-state index contributed by atoms with van der Waals surface area (Å²) in [6.45, 7) is 1.95. The van der Waals surface area contributed by atoms with Crippen molar-refractivity contribution in [3.8, 4) is 0 Å². The van der Waals surface area contributed by atoms with E-state index in [1.165, 1.54) is 17.2 Å². The molecule has 4 aromatic rings. The van der Waals surface area contributed by atoms with E-state index in [-0.39, 0.29) is 11.6 Å². The quantitative estimate of drug-likeness (QED) is 0.235. The molecule has 2 amide bonds. The van der Waals surface area contributed by atoms with Gasteiger partial charge in [-0.1, -0.05) is 48.0 Å². The summed E-state index contributed by atoms with van der Waals surface area (Å²) in [4.78, 5) is 26.9. The van der Waals surface area contributed by atoms with Crippen molar-refractivity contribution in [1.82, 2.24) is 5.32 Å². The zero-order valence-corrected chi connectivity index (χ0v) is 19.5. The number of carbonyl (C=O) groups excluding carboxylic acids is 2. The van der Waals surface area contributed by atoms with Crippen molar-refractivity contribution in [1.29, 1.82) is 0 Å². The summed E-state index contributed by atoms with van der Waals surface area (Å²) in [6.07, 6.45) is 3.02. The Bertz CT molecular complexity index is 1260. The minimum atomic E-state index is -0.441. The molecule has 0 unspecified atom stereocenters. The van der Waals surface area contributed by atoms with Crippen LogP contribution in [0.5, 0.6) is 0 Å².